The number of benzene rings is 1. The molecule has 1 aromatic carbocycles. The highest BCUT2D eigenvalue weighted by Gasteiger charge is 2.13. The lowest BCUT2D eigenvalue weighted by Gasteiger charge is -2.20. The van der Waals surface area contributed by atoms with Crippen LogP contribution in [0.4, 0.5) is 0 Å². The van der Waals surface area contributed by atoms with Gasteiger partial charge in [0.2, 0.25) is 11.8 Å². The zero-order valence-corrected chi connectivity index (χ0v) is 15.2. The van der Waals surface area contributed by atoms with Crippen molar-refractivity contribution in [2.24, 2.45) is 0 Å². The summed E-state index contributed by atoms with van der Waals surface area (Å²) in [5, 5.41) is 4.01. The van der Waals surface area contributed by atoms with E-state index < -0.39 is 0 Å². The van der Waals surface area contributed by atoms with E-state index >= 15 is 0 Å². The van der Waals surface area contributed by atoms with E-state index in [-0.39, 0.29) is 18.4 Å². The predicted molar refractivity (Wildman–Crippen MR) is 95.0 cm³/mol. The number of nitrogens with one attached hydrogen (secondary N) is 1. The van der Waals surface area contributed by atoms with Gasteiger partial charge < -0.3 is 10.2 Å². The van der Waals surface area contributed by atoms with Crippen molar-refractivity contribution < 1.29 is 9.59 Å². The van der Waals surface area contributed by atoms with Gasteiger partial charge >= 0.3 is 0 Å². The van der Waals surface area contributed by atoms with Crippen molar-refractivity contribution in [2.75, 3.05) is 19.6 Å². The van der Waals surface area contributed by atoms with Crippen molar-refractivity contribution in [1.29, 1.82) is 0 Å². The van der Waals surface area contributed by atoms with Crippen molar-refractivity contribution in [1.82, 2.24) is 10.2 Å². The van der Waals surface area contributed by atoms with Gasteiger partial charge in [-0.05, 0) is 30.5 Å². The Balaban J connectivity index is 2.38. The Kier molecular flexibility index (Phi) is 9.03. The van der Waals surface area contributed by atoms with Crippen LogP contribution >= 0.6 is 23.2 Å². The largest absolute Gasteiger partial charge is 0.354 e. The summed E-state index contributed by atoms with van der Waals surface area (Å²) < 4.78 is 0. The van der Waals surface area contributed by atoms with Crippen LogP contribution in [-0.2, 0) is 16.0 Å². The Hall–Kier alpha value is -1.26. The Labute approximate surface area is 148 Å². The van der Waals surface area contributed by atoms with Gasteiger partial charge in [-0.15, -0.1) is 0 Å². The van der Waals surface area contributed by atoms with E-state index in [1.807, 2.05) is 6.07 Å². The fraction of sp³-hybridized carbons (Fsp3) is 0.529. The molecule has 1 N–H and O–H groups in total. The van der Waals surface area contributed by atoms with Gasteiger partial charge in [-0.3, -0.25) is 9.59 Å². The van der Waals surface area contributed by atoms with Crippen LogP contribution in [-0.4, -0.2) is 36.3 Å². The highest BCUT2D eigenvalue weighted by molar-refractivity contribution is 6.35. The van der Waals surface area contributed by atoms with Crippen LogP contribution < -0.4 is 5.32 Å². The lowest BCUT2D eigenvalue weighted by Crippen LogP contribution is -2.40. The third-order valence-corrected chi connectivity index (χ3v) is 4.13. The molecule has 0 saturated heterocycles. The van der Waals surface area contributed by atoms with Gasteiger partial charge in [-0.25, -0.2) is 0 Å². The van der Waals surface area contributed by atoms with Gasteiger partial charge in [0.1, 0.15) is 0 Å². The highest BCUT2D eigenvalue weighted by Crippen LogP contribution is 2.20. The number of rotatable bonds is 9. The Morgan fingerprint density at radius 3 is 2.57 bits per heavy atom. The molecule has 23 heavy (non-hydrogen) atoms. The molecule has 2 amide bonds. The molecular formula is C17H24Cl2N2O2. The number of nitrogens with zero attached hydrogens (tertiary/aromatic N) is 1. The number of unbranched alkanes of at least 4 members (excludes halogenated alkanes) is 2. The minimum absolute atomic E-state index is 0.0722. The van der Waals surface area contributed by atoms with Gasteiger partial charge in [0, 0.05) is 30.1 Å². The minimum atomic E-state index is -0.151. The summed E-state index contributed by atoms with van der Waals surface area (Å²) in [6.07, 6.45) is 3.68. The third kappa shape index (κ3) is 7.71. The van der Waals surface area contributed by atoms with Gasteiger partial charge in [0.05, 0.1) is 6.54 Å². The molecule has 1 aromatic rings. The van der Waals surface area contributed by atoms with Crippen LogP contribution in [0.3, 0.4) is 0 Å². The van der Waals surface area contributed by atoms with Crippen molar-refractivity contribution in [3.05, 3.63) is 33.8 Å². The standard InChI is InChI=1S/C17H24Cl2N2O2/c1-3-4-5-10-21(13(2)22)12-17(23)20-9-8-14-6-7-15(18)11-16(14)19/h6-7,11H,3-5,8-10,12H2,1-2H3,(H,20,23). The molecule has 0 radical (unpaired) electrons. The normalized spacial score (nSPS) is 10.4. The number of halogens is 2. The number of hydrogen-bond acceptors (Lipinski definition) is 2. The van der Waals surface area contributed by atoms with Crippen molar-refractivity contribution in [3.8, 4) is 0 Å². The lowest BCUT2D eigenvalue weighted by atomic mass is 10.1. The second-order valence-corrected chi connectivity index (χ2v) is 6.33. The molecule has 0 fully saturated rings. The monoisotopic (exact) mass is 358 g/mol. The van der Waals surface area contributed by atoms with Gasteiger partial charge in [0.15, 0.2) is 0 Å². The third-order valence-electron chi connectivity index (χ3n) is 3.54. The first-order chi connectivity index (χ1) is 10.9. The van der Waals surface area contributed by atoms with Crippen LogP contribution in [0.2, 0.25) is 10.0 Å². The Bertz CT molecular complexity index is 535. The highest BCUT2D eigenvalue weighted by atomic mass is 35.5. The van der Waals surface area contributed by atoms with E-state index in [0.717, 1.165) is 24.8 Å². The molecule has 0 bridgehead atoms. The van der Waals surface area contributed by atoms with E-state index in [1.54, 1.807) is 17.0 Å². The van der Waals surface area contributed by atoms with E-state index in [4.69, 9.17) is 23.2 Å². The quantitative estimate of drug-likeness (QED) is 0.684. The smallest absolute Gasteiger partial charge is 0.239 e. The molecule has 0 aliphatic heterocycles. The van der Waals surface area contributed by atoms with Crippen molar-refractivity contribution in [3.63, 3.8) is 0 Å². The summed E-state index contributed by atoms with van der Waals surface area (Å²) in [5.74, 6) is -0.223. The molecule has 0 heterocycles. The molecule has 0 aromatic heterocycles. The average molecular weight is 359 g/mol. The van der Waals surface area contributed by atoms with Crippen LogP contribution in [0.15, 0.2) is 18.2 Å². The summed E-state index contributed by atoms with van der Waals surface area (Å²) in [6.45, 7) is 4.80. The molecule has 0 saturated carbocycles. The summed E-state index contributed by atoms with van der Waals surface area (Å²) in [5.41, 5.74) is 0.933. The maximum Gasteiger partial charge on any atom is 0.239 e. The fourth-order valence-corrected chi connectivity index (χ4v) is 2.69. The number of hydrogen-bond donors (Lipinski definition) is 1. The van der Waals surface area contributed by atoms with Gasteiger partial charge in [0.25, 0.3) is 0 Å². The second kappa shape index (κ2) is 10.5. The van der Waals surface area contributed by atoms with Gasteiger partial charge in [-0.2, -0.15) is 0 Å². The SMILES string of the molecule is CCCCCN(CC(=O)NCCc1ccc(Cl)cc1Cl)C(C)=O. The van der Waals surface area contributed by atoms with Crippen molar-refractivity contribution >= 4 is 35.0 Å². The maximum absolute atomic E-state index is 12.0. The topological polar surface area (TPSA) is 49.4 Å². The van der Waals surface area contributed by atoms with E-state index in [9.17, 15) is 9.59 Å². The molecule has 0 aliphatic rings. The van der Waals surface area contributed by atoms with Crippen LogP contribution in [0.25, 0.3) is 0 Å². The number of carbonyl (C=O) groups excluding carboxylic acids is 2. The van der Waals surface area contributed by atoms with Crippen LogP contribution in [0, 0.1) is 0 Å². The molecule has 0 atom stereocenters. The van der Waals surface area contributed by atoms with Crippen LogP contribution in [0.5, 0.6) is 0 Å². The molecule has 1 rings (SSSR count). The molecule has 4 nitrogen and oxygen atoms in total. The van der Waals surface area contributed by atoms with E-state index in [0.29, 0.717) is 29.6 Å². The first-order valence-corrected chi connectivity index (χ1v) is 8.65. The first-order valence-electron chi connectivity index (χ1n) is 7.90. The van der Waals surface area contributed by atoms with Crippen molar-refractivity contribution in [2.45, 2.75) is 39.5 Å². The van der Waals surface area contributed by atoms with Crippen LogP contribution in [0.1, 0.15) is 38.7 Å². The lowest BCUT2D eigenvalue weighted by molar-refractivity contribution is -0.134. The maximum atomic E-state index is 12.0. The van der Waals surface area contributed by atoms with E-state index in [1.165, 1.54) is 6.92 Å². The summed E-state index contributed by atoms with van der Waals surface area (Å²) >= 11 is 11.9. The Morgan fingerprint density at radius 1 is 1.22 bits per heavy atom. The Morgan fingerprint density at radius 2 is 1.96 bits per heavy atom. The molecule has 0 spiro atoms. The number of amides is 2. The minimum Gasteiger partial charge on any atom is -0.354 e. The summed E-state index contributed by atoms with van der Waals surface area (Å²) in [6, 6.07) is 5.31. The second-order valence-electron chi connectivity index (χ2n) is 5.48. The summed E-state index contributed by atoms with van der Waals surface area (Å²) in [4.78, 5) is 25.1. The average Bonchev–Trinajstić information content (AvgIpc) is 2.48. The predicted octanol–water partition coefficient (Wildman–Crippen LogP) is 3.69. The molecule has 0 unspecified atom stereocenters. The summed E-state index contributed by atoms with van der Waals surface area (Å²) in [7, 11) is 0. The zero-order valence-electron chi connectivity index (χ0n) is 13.7. The molecule has 6 heteroatoms. The first kappa shape index (κ1) is 19.8. The molecule has 0 aliphatic carbocycles. The number of carbonyl (C=O) groups is 2. The van der Waals surface area contributed by atoms with Gasteiger partial charge in [-0.1, -0.05) is 49.0 Å². The molecular weight excluding hydrogens is 335 g/mol. The fourth-order valence-electron chi connectivity index (χ4n) is 2.19. The van der Waals surface area contributed by atoms with E-state index in [2.05, 4.69) is 12.2 Å². The zero-order chi connectivity index (χ0) is 17.2. The molecule has 128 valence electrons.